The molecule has 106 valence electrons. The van der Waals surface area contributed by atoms with Crippen LogP contribution in [0.3, 0.4) is 0 Å². The van der Waals surface area contributed by atoms with Crippen molar-refractivity contribution in [1.82, 2.24) is 10.2 Å². The second kappa shape index (κ2) is 7.03. The molecule has 1 aliphatic rings. The number of carbonyl (C=O) groups is 1. The van der Waals surface area contributed by atoms with Gasteiger partial charge in [-0.1, -0.05) is 6.92 Å². The van der Waals surface area contributed by atoms with Crippen molar-refractivity contribution >= 4 is 17.3 Å². The van der Waals surface area contributed by atoms with Crippen LogP contribution in [-0.4, -0.2) is 42.2 Å². The molecular weight excluding hydrogens is 260 g/mol. The lowest BCUT2D eigenvalue weighted by molar-refractivity contribution is 0.0702. The molecule has 19 heavy (non-hydrogen) atoms. The van der Waals surface area contributed by atoms with Crippen molar-refractivity contribution in [3.63, 3.8) is 0 Å². The van der Waals surface area contributed by atoms with Gasteiger partial charge in [-0.05, 0) is 57.1 Å². The first-order valence-corrected chi connectivity index (χ1v) is 7.75. The lowest BCUT2D eigenvalue weighted by atomic mass is 9.97. The second-order valence-electron chi connectivity index (χ2n) is 5.08. The van der Waals surface area contributed by atoms with Crippen molar-refractivity contribution in [2.24, 2.45) is 5.92 Å². The molecule has 5 heteroatoms. The van der Waals surface area contributed by atoms with E-state index in [-0.39, 0.29) is 0 Å². The Balaban J connectivity index is 1.67. The van der Waals surface area contributed by atoms with Crippen LogP contribution in [0.15, 0.2) is 12.1 Å². The number of carboxylic acids is 1. The minimum absolute atomic E-state index is 0.424. The molecule has 1 saturated heterocycles. The SMILES string of the molecule is CCN1CCC(CNCc2ccc(C(=O)O)s2)CC1. The van der Waals surface area contributed by atoms with Gasteiger partial charge in [0.15, 0.2) is 0 Å². The fraction of sp³-hybridized carbons (Fsp3) is 0.643. The molecule has 0 aliphatic carbocycles. The van der Waals surface area contributed by atoms with Gasteiger partial charge in [-0.3, -0.25) is 0 Å². The molecule has 4 nitrogen and oxygen atoms in total. The molecule has 1 aromatic heterocycles. The van der Waals surface area contributed by atoms with Crippen LogP contribution in [0.25, 0.3) is 0 Å². The smallest absolute Gasteiger partial charge is 0.345 e. The average molecular weight is 282 g/mol. The molecule has 1 aliphatic heterocycles. The summed E-state index contributed by atoms with van der Waals surface area (Å²) in [7, 11) is 0. The summed E-state index contributed by atoms with van der Waals surface area (Å²) in [6.45, 7) is 7.63. The van der Waals surface area contributed by atoms with Gasteiger partial charge < -0.3 is 15.3 Å². The van der Waals surface area contributed by atoms with Crippen LogP contribution in [0.5, 0.6) is 0 Å². The first-order valence-electron chi connectivity index (χ1n) is 6.94. The number of hydrogen-bond donors (Lipinski definition) is 2. The molecule has 2 rings (SSSR count). The van der Waals surface area contributed by atoms with E-state index in [0.29, 0.717) is 4.88 Å². The molecule has 2 heterocycles. The van der Waals surface area contributed by atoms with Crippen LogP contribution in [0.1, 0.15) is 34.3 Å². The van der Waals surface area contributed by atoms with Crippen LogP contribution >= 0.6 is 11.3 Å². The summed E-state index contributed by atoms with van der Waals surface area (Å²) >= 11 is 1.36. The number of likely N-dealkylation sites (tertiary alicyclic amines) is 1. The fourth-order valence-corrected chi connectivity index (χ4v) is 3.31. The van der Waals surface area contributed by atoms with Gasteiger partial charge in [0.25, 0.3) is 0 Å². The standard InChI is InChI=1S/C14H22N2O2S/c1-2-16-7-5-11(6-8-16)9-15-10-12-3-4-13(19-12)14(17)18/h3-4,11,15H,2,5-10H2,1H3,(H,17,18). The largest absolute Gasteiger partial charge is 0.477 e. The molecule has 2 N–H and O–H groups in total. The molecule has 0 bridgehead atoms. The van der Waals surface area contributed by atoms with Gasteiger partial charge in [0.05, 0.1) is 0 Å². The summed E-state index contributed by atoms with van der Waals surface area (Å²) in [6.07, 6.45) is 2.54. The first-order chi connectivity index (χ1) is 9.19. The van der Waals surface area contributed by atoms with Gasteiger partial charge >= 0.3 is 5.97 Å². The minimum atomic E-state index is -0.830. The minimum Gasteiger partial charge on any atom is -0.477 e. The van der Waals surface area contributed by atoms with E-state index in [2.05, 4.69) is 17.1 Å². The predicted octanol–water partition coefficient (Wildman–Crippen LogP) is 2.27. The zero-order chi connectivity index (χ0) is 13.7. The van der Waals surface area contributed by atoms with Crippen molar-refractivity contribution in [2.45, 2.75) is 26.3 Å². The molecule has 0 atom stereocenters. The van der Waals surface area contributed by atoms with Crippen molar-refractivity contribution in [1.29, 1.82) is 0 Å². The maximum Gasteiger partial charge on any atom is 0.345 e. The van der Waals surface area contributed by atoms with Crippen molar-refractivity contribution < 1.29 is 9.90 Å². The second-order valence-corrected chi connectivity index (χ2v) is 6.25. The summed E-state index contributed by atoms with van der Waals surface area (Å²) in [5, 5.41) is 12.3. The van der Waals surface area contributed by atoms with E-state index >= 15 is 0 Å². The van der Waals surface area contributed by atoms with Crippen LogP contribution in [0, 0.1) is 5.92 Å². The summed E-state index contributed by atoms with van der Waals surface area (Å²) < 4.78 is 0. The van der Waals surface area contributed by atoms with Crippen molar-refractivity contribution in [3.05, 3.63) is 21.9 Å². The topological polar surface area (TPSA) is 52.6 Å². The number of hydrogen-bond acceptors (Lipinski definition) is 4. The summed E-state index contributed by atoms with van der Waals surface area (Å²) in [6, 6.07) is 3.59. The molecule has 1 aromatic rings. The Morgan fingerprint density at radius 2 is 2.21 bits per heavy atom. The van der Waals surface area contributed by atoms with E-state index in [9.17, 15) is 4.79 Å². The van der Waals surface area contributed by atoms with Gasteiger partial charge in [0.1, 0.15) is 4.88 Å². The van der Waals surface area contributed by atoms with E-state index in [1.54, 1.807) is 6.07 Å². The summed E-state index contributed by atoms with van der Waals surface area (Å²) in [5.41, 5.74) is 0. The third-order valence-electron chi connectivity index (χ3n) is 3.76. The number of aromatic carboxylic acids is 1. The van der Waals surface area contributed by atoms with Crippen LogP contribution in [-0.2, 0) is 6.54 Å². The van der Waals surface area contributed by atoms with Gasteiger partial charge in [0, 0.05) is 11.4 Å². The third kappa shape index (κ3) is 4.30. The summed E-state index contributed by atoms with van der Waals surface area (Å²) in [5.74, 6) is -0.0649. The molecule has 0 spiro atoms. The van der Waals surface area contributed by atoms with E-state index in [4.69, 9.17) is 5.11 Å². The molecular formula is C14H22N2O2S. The number of piperidine rings is 1. The zero-order valence-electron chi connectivity index (χ0n) is 11.4. The lowest BCUT2D eigenvalue weighted by Crippen LogP contribution is -2.36. The number of rotatable bonds is 6. The highest BCUT2D eigenvalue weighted by molar-refractivity contribution is 7.13. The highest BCUT2D eigenvalue weighted by Crippen LogP contribution is 2.18. The van der Waals surface area contributed by atoms with Gasteiger partial charge in [-0.25, -0.2) is 4.79 Å². The van der Waals surface area contributed by atoms with Crippen molar-refractivity contribution in [3.8, 4) is 0 Å². The van der Waals surface area contributed by atoms with Gasteiger partial charge in [-0.15, -0.1) is 11.3 Å². The Bertz CT molecular complexity index is 411. The Kier molecular flexibility index (Phi) is 5.36. The molecule has 0 unspecified atom stereocenters. The van der Waals surface area contributed by atoms with Crippen LogP contribution in [0.2, 0.25) is 0 Å². The third-order valence-corrected chi connectivity index (χ3v) is 4.83. The lowest BCUT2D eigenvalue weighted by Gasteiger charge is -2.31. The molecule has 1 fully saturated rings. The highest BCUT2D eigenvalue weighted by Gasteiger charge is 2.17. The maximum atomic E-state index is 10.8. The number of carboxylic acid groups (broad SMARTS) is 1. The molecule has 0 radical (unpaired) electrons. The number of nitrogens with zero attached hydrogens (tertiary/aromatic N) is 1. The van der Waals surface area contributed by atoms with Crippen molar-refractivity contribution in [2.75, 3.05) is 26.2 Å². The van der Waals surface area contributed by atoms with E-state index < -0.39 is 5.97 Å². The van der Waals surface area contributed by atoms with Gasteiger partial charge in [0.2, 0.25) is 0 Å². The quantitative estimate of drug-likeness (QED) is 0.840. The maximum absolute atomic E-state index is 10.8. The van der Waals surface area contributed by atoms with Crippen LogP contribution in [0.4, 0.5) is 0 Å². The number of thiophene rings is 1. The van der Waals surface area contributed by atoms with E-state index in [0.717, 1.165) is 30.4 Å². The average Bonchev–Trinajstić information content (AvgIpc) is 2.89. The summed E-state index contributed by atoms with van der Waals surface area (Å²) in [4.78, 5) is 14.8. The first kappa shape index (κ1) is 14.5. The van der Waals surface area contributed by atoms with E-state index in [1.807, 2.05) is 6.07 Å². The Hall–Kier alpha value is -0.910. The normalized spacial score (nSPS) is 17.7. The Morgan fingerprint density at radius 1 is 1.47 bits per heavy atom. The fourth-order valence-electron chi connectivity index (χ4n) is 2.49. The Morgan fingerprint density at radius 3 is 2.79 bits per heavy atom. The predicted molar refractivity (Wildman–Crippen MR) is 77.8 cm³/mol. The zero-order valence-corrected chi connectivity index (χ0v) is 12.2. The number of nitrogens with one attached hydrogen (secondary N) is 1. The molecule has 0 saturated carbocycles. The van der Waals surface area contributed by atoms with Gasteiger partial charge in [-0.2, -0.15) is 0 Å². The van der Waals surface area contributed by atoms with Crippen LogP contribution < -0.4 is 5.32 Å². The molecule has 0 amide bonds. The highest BCUT2D eigenvalue weighted by atomic mass is 32.1. The van der Waals surface area contributed by atoms with E-state index in [1.165, 1.54) is 37.3 Å². The molecule has 0 aromatic carbocycles. The monoisotopic (exact) mass is 282 g/mol. The Labute approximate surface area is 118 Å².